The molecule has 0 fully saturated rings. The van der Waals surface area contributed by atoms with Crippen molar-refractivity contribution < 1.29 is 4.74 Å². The highest BCUT2D eigenvalue weighted by Crippen LogP contribution is 2.20. The smallest absolute Gasteiger partial charge is 0.183 e. The number of unbranched alkanes of at least 4 members (excludes halogenated alkanes) is 7. The van der Waals surface area contributed by atoms with Crippen molar-refractivity contribution in [1.82, 2.24) is 4.98 Å². The van der Waals surface area contributed by atoms with Crippen LogP contribution in [0.4, 0.5) is 5.69 Å². The van der Waals surface area contributed by atoms with Crippen LogP contribution in [-0.2, 0) is 6.54 Å². The fraction of sp³-hybridized carbons (Fsp3) is 0.550. The monoisotopic (exact) mass is 380 g/mol. The number of rotatable bonds is 13. The Morgan fingerprint density at radius 3 is 2.32 bits per heavy atom. The average molecular weight is 381 g/mol. The van der Waals surface area contributed by atoms with Gasteiger partial charge in [0.2, 0.25) is 0 Å². The summed E-state index contributed by atoms with van der Waals surface area (Å²) in [5.74, 6) is 0.939. The van der Waals surface area contributed by atoms with E-state index in [1.54, 1.807) is 6.20 Å². The first kappa shape index (κ1) is 20.1. The van der Waals surface area contributed by atoms with Crippen LogP contribution >= 0.6 is 22.9 Å². The number of halogens is 1. The number of aromatic nitrogens is 1. The maximum atomic E-state index is 5.83. The molecular formula is C20H29ClN2OS. The number of hydrogen-bond donors (Lipinski definition) is 1. The minimum atomic E-state index is 0.585. The van der Waals surface area contributed by atoms with Gasteiger partial charge < -0.3 is 10.1 Å². The molecule has 0 amide bonds. The molecule has 0 saturated carbocycles. The molecule has 0 saturated heterocycles. The van der Waals surface area contributed by atoms with Crippen LogP contribution in [-0.4, -0.2) is 11.6 Å². The Kier molecular flexibility index (Phi) is 9.75. The normalized spacial score (nSPS) is 10.8. The van der Waals surface area contributed by atoms with Crippen molar-refractivity contribution in [2.24, 2.45) is 0 Å². The number of anilines is 1. The Hall–Kier alpha value is -1.26. The van der Waals surface area contributed by atoms with Crippen LogP contribution in [0.1, 0.15) is 63.2 Å². The van der Waals surface area contributed by atoms with Gasteiger partial charge in [0.25, 0.3) is 0 Å². The molecule has 25 heavy (non-hydrogen) atoms. The van der Waals surface area contributed by atoms with E-state index in [0.29, 0.717) is 4.47 Å². The molecule has 1 aromatic heterocycles. The van der Waals surface area contributed by atoms with Gasteiger partial charge in [0.1, 0.15) is 5.75 Å². The molecule has 3 nitrogen and oxygen atoms in total. The quantitative estimate of drug-likeness (QED) is 0.382. The maximum Gasteiger partial charge on any atom is 0.183 e. The Bertz CT molecular complexity index is 586. The van der Waals surface area contributed by atoms with Gasteiger partial charge in [-0.2, -0.15) is 0 Å². The molecule has 0 bridgehead atoms. The molecule has 138 valence electrons. The number of benzene rings is 1. The van der Waals surface area contributed by atoms with Crippen molar-refractivity contribution in [2.75, 3.05) is 11.9 Å². The Balaban J connectivity index is 1.54. The fourth-order valence-corrected chi connectivity index (χ4v) is 3.57. The van der Waals surface area contributed by atoms with Gasteiger partial charge in [0, 0.05) is 16.8 Å². The largest absolute Gasteiger partial charge is 0.494 e. The minimum absolute atomic E-state index is 0.585. The van der Waals surface area contributed by atoms with Crippen molar-refractivity contribution in [3.8, 4) is 5.75 Å². The van der Waals surface area contributed by atoms with E-state index in [1.165, 1.54) is 56.3 Å². The molecule has 0 spiro atoms. The zero-order chi connectivity index (χ0) is 17.7. The van der Waals surface area contributed by atoms with Gasteiger partial charge >= 0.3 is 0 Å². The highest BCUT2D eigenvalue weighted by molar-refractivity contribution is 7.15. The first-order valence-corrected chi connectivity index (χ1v) is 10.5. The molecule has 0 aliphatic heterocycles. The minimum Gasteiger partial charge on any atom is -0.494 e. The molecule has 1 heterocycles. The van der Waals surface area contributed by atoms with Crippen LogP contribution in [0.3, 0.4) is 0 Å². The molecule has 0 atom stereocenters. The molecule has 5 heteroatoms. The third-order valence-electron chi connectivity index (χ3n) is 4.11. The topological polar surface area (TPSA) is 34.1 Å². The van der Waals surface area contributed by atoms with E-state index in [2.05, 4.69) is 17.2 Å². The van der Waals surface area contributed by atoms with E-state index < -0.39 is 0 Å². The van der Waals surface area contributed by atoms with Crippen LogP contribution < -0.4 is 10.1 Å². The predicted octanol–water partition coefficient (Wildman–Crippen LogP) is 6.93. The van der Waals surface area contributed by atoms with Gasteiger partial charge in [0.15, 0.2) is 4.47 Å². The number of nitrogens with one attached hydrogen (secondary N) is 1. The molecule has 0 radical (unpaired) electrons. The van der Waals surface area contributed by atoms with Gasteiger partial charge in [0.05, 0.1) is 13.2 Å². The highest BCUT2D eigenvalue weighted by atomic mass is 35.5. The fourth-order valence-electron chi connectivity index (χ4n) is 2.65. The molecular weight excluding hydrogens is 352 g/mol. The van der Waals surface area contributed by atoms with E-state index in [9.17, 15) is 0 Å². The van der Waals surface area contributed by atoms with Gasteiger partial charge in [-0.3, -0.25) is 0 Å². The first-order chi connectivity index (χ1) is 12.3. The summed E-state index contributed by atoms with van der Waals surface area (Å²) in [5, 5.41) is 3.36. The lowest BCUT2D eigenvalue weighted by Gasteiger charge is -2.08. The summed E-state index contributed by atoms with van der Waals surface area (Å²) in [7, 11) is 0. The second-order valence-electron chi connectivity index (χ2n) is 6.28. The predicted molar refractivity (Wildman–Crippen MR) is 109 cm³/mol. The summed E-state index contributed by atoms with van der Waals surface area (Å²) in [6, 6.07) is 8.14. The number of nitrogens with zero attached hydrogens (tertiary/aromatic N) is 1. The van der Waals surface area contributed by atoms with E-state index in [0.717, 1.165) is 35.9 Å². The SMILES string of the molecule is CCCCCCCCCCOc1ccc(NCc2cnc(Cl)s2)cc1. The lowest BCUT2D eigenvalue weighted by Crippen LogP contribution is -1.99. The molecule has 0 aliphatic rings. The zero-order valence-electron chi connectivity index (χ0n) is 15.1. The molecule has 1 N–H and O–H groups in total. The number of hydrogen-bond acceptors (Lipinski definition) is 4. The summed E-state index contributed by atoms with van der Waals surface area (Å²) in [4.78, 5) is 5.17. The molecule has 0 aliphatic carbocycles. The van der Waals surface area contributed by atoms with E-state index in [-0.39, 0.29) is 0 Å². The lowest BCUT2D eigenvalue weighted by atomic mass is 10.1. The summed E-state index contributed by atoms with van der Waals surface area (Å²) in [5.41, 5.74) is 1.07. The second kappa shape index (κ2) is 12.2. The molecule has 2 aromatic rings. The van der Waals surface area contributed by atoms with Crippen molar-refractivity contribution >= 4 is 28.6 Å². The van der Waals surface area contributed by atoms with E-state index in [4.69, 9.17) is 16.3 Å². The van der Waals surface area contributed by atoms with Crippen molar-refractivity contribution in [1.29, 1.82) is 0 Å². The summed E-state index contributed by atoms with van der Waals surface area (Å²) >= 11 is 7.33. The van der Waals surface area contributed by atoms with Gasteiger partial charge in [-0.25, -0.2) is 4.98 Å². The number of ether oxygens (including phenoxy) is 1. The molecule has 1 aromatic carbocycles. The van der Waals surface area contributed by atoms with Crippen LogP contribution in [0, 0.1) is 0 Å². The summed E-state index contributed by atoms with van der Waals surface area (Å²) < 4.78 is 6.40. The van der Waals surface area contributed by atoms with Crippen LogP contribution in [0.5, 0.6) is 5.75 Å². The zero-order valence-corrected chi connectivity index (χ0v) is 16.7. The Morgan fingerprint density at radius 2 is 1.68 bits per heavy atom. The van der Waals surface area contributed by atoms with Gasteiger partial charge in [-0.1, -0.05) is 63.5 Å². The van der Waals surface area contributed by atoms with Crippen LogP contribution in [0.25, 0.3) is 0 Å². The van der Waals surface area contributed by atoms with Gasteiger partial charge in [-0.15, -0.1) is 11.3 Å². The third-order valence-corrected chi connectivity index (χ3v) is 5.23. The Labute approximate surface area is 160 Å². The standard InChI is InChI=1S/C20H29ClN2OS/c1-2-3-4-5-6-7-8-9-14-24-18-12-10-17(11-13-18)22-15-19-16-23-20(21)25-19/h10-13,16,22H,2-9,14-15H2,1H3. The van der Waals surface area contributed by atoms with Crippen LogP contribution in [0.2, 0.25) is 4.47 Å². The van der Waals surface area contributed by atoms with E-state index in [1.807, 2.05) is 24.3 Å². The number of thiazole rings is 1. The maximum absolute atomic E-state index is 5.83. The third kappa shape index (κ3) is 8.59. The van der Waals surface area contributed by atoms with E-state index >= 15 is 0 Å². The highest BCUT2D eigenvalue weighted by Gasteiger charge is 2.00. The van der Waals surface area contributed by atoms with Crippen molar-refractivity contribution in [3.05, 3.63) is 39.8 Å². The molecule has 2 rings (SSSR count). The average Bonchev–Trinajstić information content (AvgIpc) is 3.05. The Morgan fingerprint density at radius 1 is 1.00 bits per heavy atom. The molecule has 0 unspecified atom stereocenters. The van der Waals surface area contributed by atoms with Gasteiger partial charge in [-0.05, 0) is 30.7 Å². The van der Waals surface area contributed by atoms with Crippen molar-refractivity contribution in [3.63, 3.8) is 0 Å². The van der Waals surface area contributed by atoms with Crippen LogP contribution in [0.15, 0.2) is 30.5 Å². The second-order valence-corrected chi connectivity index (χ2v) is 7.98. The lowest BCUT2D eigenvalue weighted by molar-refractivity contribution is 0.304. The van der Waals surface area contributed by atoms with Crippen molar-refractivity contribution in [2.45, 2.75) is 64.8 Å². The first-order valence-electron chi connectivity index (χ1n) is 9.35. The summed E-state index contributed by atoms with van der Waals surface area (Å²) in [6.07, 6.45) is 12.4. The summed E-state index contributed by atoms with van der Waals surface area (Å²) in [6.45, 7) is 3.81.